The van der Waals surface area contributed by atoms with Gasteiger partial charge in [0.1, 0.15) is 16.4 Å². The molecule has 2 atom stereocenters. The number of nitrogens with zero attached hydrogens (tertiary/aromatic N) is 2. The normalized spacial score (nSPS) is 18.2. The Morgan fingerprint density at radius 1 is 1.39 bits per heavy atom. The average Bonchev–Trinajstić information content (AvgIpc) is 3.39. The summed E-state index contributed by atoms with van der Waals surface area (Å²) >= 11 is 8.17. The van der Waals surface area contributed by atoms with E-state index in [2.05, 4.69) is 33.9 Å². The summed E-state index contributed by atoms with van der Waals surface area (Å²) in [7, 11) is 2.02. The zero-order chi connectivity index (χ0) is 21.8. The number of anilines is 1. The van der Waals surface area contributed by atoms with Crippen molar-refractivity contribution in [2.45, 2.75) is 44.2 Å². The molecule has 7 heteroatoms. The summed E-state index contributed by atoms with van der Waals surface area (Å²) in [5.74, 6) is 7.63. The molecule has 3 aromatic heterocycles. The summed E-state index contributed by atoms with van der Waals surface area (Å²) in [4.78, 5) is 7.97. The summed E-state index contributed by atoms with van der Waals surface area (Å²) < 4.78 is 6.59. The first kappa shape index (κ1) is 21.9. The van der Waals surface area contributed by atoms with Crippen LogP contribution in [0.5, 0.6) is 0 Å². The summed E-state index contributed by atoms with van der Waals surface area (Å²) in [6.07, 6.45) is 9.07. The zero-order valence-electron chi connectivity index (χ0n) is 17.5. The highest BCUT2D eigenvalue weighted by molar-refractivity contribution is 7.20. The van der Waals surface area contributed by atoms with E-state index in [-0.39, 0.29) is 18.6 Å². The summed E-state index contributed by atoms with van der Waals surface area (Å²) in [5, 5.41) is 9.53. The number of furan rings is 1. The Kier molecular flexibility index (Phi) is 6.99. The van der Waals surface area contributed by atoms with Crippen molar-refractivity contribution in [2.24, 2.45) is 5.73 Å². The molecule has 0 saturated carbocycles. The van der Waals surface area contributed by atoms with Crippen LogP contribution in [0.15, 0.2) is 41.0 Å². The number of aromatic nitrogens is 1. The van der Waals surface area contributed by atoms with Crippen molar-refractivity contribution >= 4 is 38.8 Å². The smallest absolute Gasteiger partial charge is 0.131 e. The van der Waals surface area contributed by atoms with E-state index in [0.29, 0.717) is 24.5 Å². The van der Waals surface area contributed by atoms with Gasteiger partial charge in [0.15, 0.2) is 0 Å². The van der Waals surface area contributed by atoms with Crippen LogP contribution in [0.2, 0.25) is 5.15 Å². The molecule has 3 heterocycles. The fraction of sp³-hybridized carbons (Fsp3) is 0.375. The van der Waals surface area contributed by atoms with E-state index in [9.17, 15) is 0 Å². The van der Waals surface area contributed by atoms with Crippen LogP contribution in [0.1, 0.15) is 47.8 Å². The first-order chi connectivity index (χ1) is 15.1. The number of hydrogen-bond acceptors (Lipinski definition) is 6. The Balaban J connectivity index is 1.83. The third-order valence-corrected chi connectivity index (χ3v) is 7.02. The largest absolute Gasteiger partial charge is 0.467 e. The molecule has 1 aliphatic carbocycles. The van der Waals surface area contributed by atoms with Crippen molar-refractivity contribution in [1.29, 1.82) is 0 Å². The maximum absolute atomic E-state index is 9.09. The van der Waals surface area contributed by atoms with E-state index >= 15 is 0 Å². The second kappa shape index (κ2) is 9.88. The molecule has 162 valence electrons. The molecule has 0 saturated heterocycles. The average molecular weight is 456 g/mol. The van der Waals surface area contributed by atoms with E-state index in [1.165, 1.54) is 4.88 Å². The van der Waals surface area contributed by atoms with Gasteiger partial charge < -0.3 is 20.2 Å². The first-order valence-corrected chi connectivity index (χ1v) is 11.6. The summed E-state index contributed by atoms with van der Waals surface area (Å²) in [6, 6.07) is 5.80. The highest BCUT2D eigenvalue weighted by atomic mass is 35.5. The van der Waals surface area contributed by atoms with E-state index < -0.39 is 0 Å². The lowest BCUT2D eigenvalue weighted by Crippen LogP contribution is -2.29. The minimum atomic E-state index is 0.0517. The summed E-state index contributed by atoms with van der Waals surface area (Å²) in [6.45, 7) is 0.759. The fourth-order valence-corrected chi connectivity index (χ4v) is 5.52. The maximum atomic E-state index is 9.09. The predicted molar refractivity (Wildman–Crippen MR) is 128 cm³/mol. The molecule has 5 nitrogen and oxygen atoms in total. The lowest BCUT2D eigenvalue weighted by Gasteiger charge is -2.24. The number of aliphatic hydroxyl groups is 1. The minimum Gasteiger partial charge on any atom is -0.467 e. The number of thiophene rings is 1. The number of nitrogens with two attached hydrogens (primary N) is 1. The standard InChI is InChI=1S/C24H26ClN3O2S/c1-28(15-16-8-7-13-30-16)20-14-21(25)27-22-18(10-3-2-6-12-29)23(31-24(20)22)17-9-4-5-11-19(17)26/h4-5,7-8,13-14,17,19,29H,2,6,9,11-12,15,26H2,1H3/t17-,19-/m0/s1. The number of aliphatic hydroxyl groups excluding tert-OH is 1. The Morgan fingerprint density at radius 2 is 2.23 bits per heavy atom. The van der Waals surface area contributed by atoms with E-state index in [0.717, 1.165) is 40.1 Å². The molecular formula is C24H26ClN3O2S. The van der Waals surface area contributed by atoms with Crippen molar-refractivity contribution in [1.82, 2.24) is 4.98 Å². The van der Waals surface area contributed by atoms with Crippen LogP contribution in [0.4, 0.5) is 5.69 Å². The molecule has 0 aliphatic heterocycles. The third kappa shape index (κ3) is 4.81. The molecule has 0 radical (unpaired) electrons. The number of unbranched alkanes of at least 4 members (excludes halogenated alkanes) is 1. The van der Waals surface area contributed by atoms with E-state index in [4.69, 9.17) is 26.9 Å². The maximum Gasteiger partial charge on any atom is 0.131 e. The number of pyridine rings is 1. The number of fused-ring (bicyclic) bond motifs is 1. The van der Waals surface area contributed by atoms with Crippen LogP contribution in [0.3, 0.4) is 0 Å². The van der Waals surface area contributed by atoms with Crippen LogP contribution in [-0.2, 0) is 6.54 Å². The molecule has 31 heavy (non-hydrogen) atoms. The molecule has 0 unspecified atom stereocenters. The van der Waals surface area contributed by atoms with Gasteiger partial charge in [-0.3, -0.25) is 0 Å². The lowest BCUT2D eigenvalue weighted by atomic mass is 9.87. The van der Waals surface area contributed by atoms with Crippen molar-refractivity contribution in [2.75, 3.05) is 18.6 Å². The topological polar surface area (TPSA) is 75.5 Å². The predicted octanol–water partition coefficient (Wildman–Crippen LogP) is 5.06. The molecule has 0 aromatic carbocycles. The van der Waals surface area contributed by atoms with Gasteiger partial charge in [-0.1, -0.05) is 35.6 Å². The third-order valence-electron chi connectivity index (χ3n) is 5.49. The van der Waals surface area contributed by atoms with Crippen molar-refractivity contribution in [3.8, 4) is 11.8 Å². The van der Waals surface area contributed by atoms with Crippen molar-refractivity contribution in [3.63, 3.8) is 0 Å². The number of rotatable bonds is 6. The van der Waals surface area contributed by atoms with Gasteiger partial charge in [0.05, 0.1) is 28.8 Å². The van der Waals surface area contributed by atoms with Crippen LogP contribution in [0, 0.1) is 11.8 Å². The van der Waals surface area contributed by atoms with Crippen LogP contribution in [-0.4, -0.2) is 29.8 Å². The van der Waals surface area contributed by atoms with Crippen molar-refractivity contribution < 1.29 is 9.52 Å². The van der Waals surface area contributed by atoms with Gasteiger partial charge in [0, 0.05) is 43.0 Å². The van der Waals surface area contributed by atoms with Gasteiger partial charge in [-0.15, -0.1) is 11.3 Å². The van der Waals surface area contributed by atoms with Crippen LogP contribution in [0.25, 0.3) is 10.2 Å². The Bertz CT molecular complexity index is 1130. The Labute approximate surface area is 191 Å². The van der Waals surface area contributed by atoms with Gasteiger partial charge in [0.25, 0.3) is 0 Å². The molecule has 3 aromatic rings. The second-order valence-electron chi connectivity index (χ2n) is 7.76. The number of hydrogen-bond donors (Lipinski definition) is 2. The molecule has 0 bridgehead atoms. The van der Waals surface area contributed by atoms with E-state index in [1.807, 2.05) is 25.2 Å². The van der Waals surface area contributed by atoms with Gasteiger partial charge in [0.2, 0.25) is 0 Å². The Morgan fingerprint density at radius 3 is 2.97 bits per heavy atom. The minimum absolute atomic E-state index is 0.0517. The van der Waals surface area contributed by atoms with Gasteiger partial charge in [-0.2, -0.15) is 0 Å². The highest BCUT2D eigenvalue weighted by Crippen LogP contribution is 2.43. The number of halogens is 1. The molecule has 4 rings (SSSR count). The molecule has 3 N–H and O–H groups in total. The Hall–Kier alpha value is -2.30. The first-order valence-electron chi connectivity index (χ1n) is 10.4. The second-order valence-corrected chi connectivity index (χ2v) is 9.20. The van der Waals surface area contributed by atoms with E-state index in [1.54, 1.807) is 17.6 Å². The number of allylic oxidation sites excluding steroid dienone is 1. The molecule has 1 aliphatic rings. The molecule has 0 fully saturated rings. The lowest BCUT2D eigenvalue weighted by molar-refractivity contribution is 0.290. The fourth-order valence-electron chi connectivity index (χ4n) is 3.88. The molecule has 0 amide bonds. The molecular weight excluding hydrogens is 430 g/mol. The van der Waals surface area contributed by atoms with Crippen LogP contribution >= 0.6 is 22.9 Å². The SMILES string of the molecule is CN(Cc1ccco1)c1cc(Cl)nc2c(C#CCCCO)c([C@H]3CC=CC[C@@H]3N)sc12. The van der Waals surface area contributed by atoms with Gasteiger partial charge in [-0.25, -0.2) is 4.98 Å². The van der Waals surface area contributed by atoms with Crippen LogP contribution < -0.4 is 10.6 Å². The quantitative estimate of drug-likeness (QED) is 0.235. The highest BCUT2D eigenvalue weighted by Gasteiger charge is 2.28. The van der Waals surface area contributed by atoms with Gasteiger partial charge in [-0.05, 0) is 31.4 Å². The van der Waals surface area contributed by atoms with Crippen molar-refractivity contribution in [3.05, 3.63) is 58.0 Å². The monoisotopic (exact) mass is 455 g/mol. The zero-order valence-corrected chi connectivity index (χ0v) is 19.0. The summed E-state index contributed by atoms with van der Waals surface area (Å²) in [5.41, 5.74) is 9.25. The molecule has 0 spiro atoms. The van der Waals surface area contributed by atoms with Gasteiger partial charge >= 0.3 is 0 Å².